The van der Waals surface area contributed by atoms with Crippen LogP contribution in [0.5, 0.6) is 11.5 Å². The molecule has 0 aliphatic rings. The van der Waals surface area contributed by atoms with Crippen LogP contribution in [-0.4, -0.2) is 19.6 Å². The third-order valence-electron chi connectivity index (χ3n) is 3.12. The fraction of sp³-hybridized carbons (Fsp3) is 0.167. The molecule has 0 aliphatic carbocycles. The van der Waals surface area contributed by atoms with Crippen molar-refractivity contribution in [1.82, 2.24) is 0 Å². The highest BCUT2D eigenvalue weighted by molar-refractivity contribution is 9.10. The molecule has 0 radical (unpaired) electrons. The number of hydrogen-bond donors (Lipinski definition) is 1. The van der Waals surface area contributed by atoms with Crippen molar-refractivity contribution in [3.63, 3.8) is 0 Å². The number of anilines is 1. The second kappa shape index (κ2) is 8.49. The first-order valence-electron chi connectivity index (χ1n) is 7.28. The molecule has 126 valence electrons. The number of benzene rings is 2. The summed E-state index contributed by atoms with van der Waals surface area (Å²) < 4.78 is 25.0. The van der Waals surface area contributed by atoms with E-state index in [-0.39, 0.29) is 0 Å². The molecule has 6 heteroatoms. The number of rotatable bonds is 6. The van der Waals surface area contributed by atoms with Gasteiger partial charge in [0.2, 0.25) is 5.91 Å². The molecule has 0 atom stereocenters. The van der Waals surface area contributed by atoms with Crippen LogP contribution in [0, 0.1) is 5.82 Å². The predicted molar refractivity (Wildman–Crippen MR) is 95.9 cm³/mol. The van der Waals surface area contributed by atoms with E-state index >= 15 is 0 Å². The van der Waals surface area contributed by atoms with E-state index in [2.05, 4.69) is 21.2 Å². The Morgan fingerprint density at radius 1 is 1.29 bits per heavy atom. The topological polar surface area (TPSA) is 47.6 Å². The Morgan fingerprint density at radius 3 is 2.79 bits per heavy atom. The third-order valence-corrected chi connectivity index (χ3v) is 3.61. The highest BCUT2D eigenvalue weighted by Crippen LogP contribution is 2.29. The van der Waals surface area contributed by atoms with Gasteiger partial charge in [-0.25, -0.2) is 4.39 Å². The maximum Gasteiger partial charge on any atom is 0.248 e. The number of halogens is 2. The van der Waals surface area contributed by atoms with Crippen LogP contribution in [-0.2, 0) is 4.79 Å². The molecule has 2 rings (SSSR count). The molecular weight excluding hydrogens is 377 g/mol. The lowest BCUT2D eigenvalue weighted by Gasteiger charge is -2.12. The Kier molecular flexibility index (Phi) is 6.37. The van der Waals surface area contributed by atoms with Crippen LogP contribution in [0.2, 0.25) is 0 Å². The van der Waals surface area contributed by atoms with Crippen LogP contribution in [0.15, 0.2) is 46.9 Å². The first-order chi connectivity index (χ1) is 11.5. The van der Waals surface area contributed by atoms with Crippen molar-refractivity contribution in [3.05, 3.63) is 58.3 Å². The SMILES string of the molecule is CCOc1ccc(OC)cc1NC(=O)/C=C/c1cc(Br)ccc1F. The van der Waals surface area contributed by atoms with Gasteiger partial charge in [0.15, 0.2) is 0 Å². The first-order valence-corrected chi connectivity index (χ1v) is 8.07. The summed E-state index contributed by atoms with van der Waals surface area (Å²) in [6.45, 7) is 2.32. The average Bonchev–Trinajstić information content (AvgIpc) is 2.57. The number of amides is 1. The van der Waals surface area contributed by atoms with Crippen LogP contribution < -0.4 is 14.8 Å². The Morgan fingerprint density at radius 2 is 2.08 bits per heavy atom. The molecule has 2 aromatic rings. The monoisotopic (exact) mass is 393 g/mol. The van der Waals surface area contributed by atoms with E-state index in [0.29, 0.717) is 29.4 Å². The Hall–Kier alpha value is -2.34. The van der Waals surface area contributed by atoms with Gasteiger partial charge in [0.05, 0.1) is 19.4 Å². The standard InChI is InChI=1S/C18H17BrFNO3/c1-3-24-17-8-6-14(23-2)11-16(17)21-18(22)9-4-12-10-13(19)5-7-15(12)20/h4-11H,3H2,1-2H3,(H,21,22)/b9-4+. The molecule has 0 fully saturated rings. The number of methoxy groups -OCH3 is 1. The van der Waals surface area contributed by atoms with Crippen molar-refractivity contribution in [3.8, 4) is 11.5 Å². The van der Waals surface area contributed by atoms with Crippen molar-refractivity contribution >= 4 is 33.6 Å². The van der Waals surface area contributed by atoms with Gasteiger partial charge in [0.25, 0.3) is 0 Å². The fourth-order valence-electron chi connectivity index (χ4n) is 2.00. The minimum atomic E-state index is -0.404. The molecule has 0 aromatic heterocycles. The summed E-state index contributed by atoms with van der Waals surface area (Å²) >= 11 is 3.27. The van der Waals surface area contributed by atoms with Gasteiger partial charge in [-0.15, -0.1) is 0 Å². The molecule has 0 bridgehead atoms. The summed E-state index contributed by atoms with van der Waals surface area (Å²) in [5.41, 5.74) is 0.802. The van der Waals surface area contributed by atoms with Crippen molar-refractivity contribution in [2.24, 2.45) is 0 Å². The van der Waals surface area contributed by atoms with Gasteiger partial charge < -0.3 is 14.8 Å². The number of nitrogens with one attached hydrogen (secondary N) is 1. The van der Waals surface area contributed by atoms with Gasteiger partial charge in [-0.1, -0.05) is 15.9 Å². The molecule has 24 heavy (non-hydrogen) atoms. The predicted octanol–water partition coefficient (Wildman–Crippen LogP) is 4.65. The summed E-state index contributed by atoms with van der Waals surface area (Å²) in [6, 6.07) is 9.64. The highest BCUT2D eigenvalue weighted by atomic mass is 79.9. The molecule has 0 unspecified atom stereocenters. The highest BCUT2D eigenvalue weighted by Gasteiger charge is 2.08. The zero-order valence-electron chi connectivity index (χ0n) is 13.3. The zero-order valence-corrected chi connectivity index (χ0v) is 14.9. The molecule has 0 heterocycles. The second-order valence-electron chi connectivity index (χ2n) is 4.78. The summed E-state index contributed by atoms with van der Waals surface area (Å²) in [7, 11) is 1.54. The summed E-state index contributed by atoms with van der Waals surface area (Å²) in [6.07, 6.45) is 2.68. The number of carbonyl (C=O) groups excluding carboxylic acids is 1. The summed E-state index contributed by atoms with van der Waals surface area (Å²) in [5, 5.41) is 2.71. The Balaban J connectivity index is 2.17. The molecule has 0 spiro atoms. The maximum atomic E-state index is 13.7. The first kappa shape index (κ1) is 18.0. The number of ether oxygens (including phenoxy) is 2. The Labute approximate surface area is 148 Å². The van der Waals surface area contributed by atoms with E-state index < -0.39 is 11.7 Å². The van der Waals surface area contributed by atoms with Gasteiger partial charge in [-0.3, -0.25) is 4.79 Å². The van der Waals surface area contributed by atoms with E-state index in [1.54, 1.807) is 30.3 Å². The maximum absolute atomic E-state index is 13.7. The normalized spacial score (nSPS) is 10.7. The average molecular weight is 394 g/mol. The fourth-order valence-corrected chi connectivity index (χ4v) is 2.38. The molecule has 2 aromatic carbocycles. The van der Waals surface area contributed by atoms with Gasteiger partial charge in [0.1, 0.15) is 17.3 Å². The van der Waals surface area contributed by atoms with Gasteiger partial charge in [0, 0.05) is 22.2 Å². The largest absolute Gasteiger partial charge is 0.497 e. The third kappa shape index (κ3) is 4.83. The van der Waals surface area contributed by atoms with Crippen molar-refractivity contribution in [1.29, 1.82) is 0 Å². The van der Waals surface area contributed by atoms with E-state index in [9.17, 15) is 9.18 Å². The lowest BCUT2D eigenvalue weighted by Crippen LogP contribution is -2.09. The number of carbonyl (C=O) groups is 1. The molecule has 1 amide bonds. The summed E-state index contributed by atoms with van der Waals surface area (Å²) in [4.78, 5) is 12.1. The van der Waals surface area contributed by atoms with Gasteiger partial charge in [-0.2, -0.15) is 0 Å². The second-order valence-corrected chi connectivity index (χ2v) is 5.70. The minimum absolute atomic E-state index is 0.315. The minimum Gasteiger partial charge on any atom is -0.497 e. The van der Waals surface area contributed by atoms with E-state index in [0.717, 1.165) is 4.47 Å². The van der Waals surface area contributed by atoms with E-state index in [1.165, 1.54) is 25.3 Å². The van der Waals surface area contributed by atoms with Crippen LogP contribution in [0.4, 0.5) is 10.1 Å². The molecule has 1 N–H and O–H groups in total. The van der Waals surface area contributed by atoms with E-state index in [1.807, 2.05) is 6.92 Å². The summed E-state index contributed by atoms with van der Waals surface area (Å²) in [5.74, 6) is 0.326. The molecule has 4 nitrogen and oxygen atoms in total. The Bertz CT molecular complexity index is 762. The van der Waals surface area contributed by atoms with Crippen LogP contribution >= 0.6 is 15.9 Å². The van der Waals surface area contributed by atoms with Crippen LogP contribution in [0.25, 0.3) is 6.08 Å². The smallest absolute Gasteiger partial charge is 0.248 e. The molecule has 0 saturated heterocycles. The zero-order chi connectivity index (χ0) is 17.5. The van der Waals surface area contributed by atoms with Crippen molar-refractivity contribution in [2.75, 3.05) is 19.0 Å². The van der Waals surface area contributed by atoms with Crippen LogP contribution in [0.1, 0.15) is 12.5 Å². The van der Waals surface area contributed by atoms with Crippen molar-refractivity contribution in [2.45, 2.75) is 6.92 Å². The number of hydrogen-bond acceptors (Lipinski definition) is 3. The van der Waals surface area contributed by atoms with Gasteiger partial charge in [-0.05, 0) is 43.3 Å². The molecular formula is C18H17BrFNO3. The lowest BCUT2D eigenvalue weighted by atomic mass is 10.2. The van der Waals surface area contributed by atoms with Crippen molar-refractivity contribution < 1.29 is 18.7 Å². The van der Waals surface area contributed by atoms with Crippen LogP contribution in [0.3, 0.4) is 0 Å². The quantitative estimate of drug-likeness (QED) is 0.726. The van der Waals surface area contributed by atoms with E-state index in [4.69, 9.17) is 9.47 Å². The lowest BCUT2D eigenvalue weighted by molar-refractivity contribution is -0.111. The molecule has 0 aliphatic heterocycles. The molecule has 0 saturated carbocycles. The van der Waals surface area contributed by atoms with Gasteiger partial charge >= 0.3 is 0 Å².